The van der Waals surface area contributed by atoms with Crippen LogP contribution in [0.5, 0.6) is 17.2 Å². The fourth-order valence-corrected chi connectivity index (χ4v) is 3.21. The van der Waals surface area contributed by atoms with E-state index in [1.807, 2.05) is 0 Å². The summed E-state index contributed by atoms with van der Waals surface area (Å²) >= 11 is 0. The lowest BCUT2D eigenvalue weighted by Crippen LogP contribution is -2.20. The topological polar surface area (TPSA) is 96.2 Å². The number of anilines is 1. The second-order valence-electron chi connectivity index (χ2n) is 6.61. The van der Waals surface area contributed by atoms with Crippen molar-refractivity contribution in [3.05, 3.63) is 47.7 Å². The van der Waals surface area contributed by atoms with Crippen LogP contribution in [0.1, 0.15) is 23.0 Å². The molecule has 0 fully saturated rings. The van der Waals surface area contributed by atoms with Gasteiger partial charge in [0.25, 0.3) is 5.91 Å². The van der Waals surface area contributed by atoms with Crippen molar-refractivity contribution in [1.29, 1.82) is 0 Å². The third-order valence-electron chi connectivity index (χ3n) is 4.51. The van der Waals surface area contributed by atoms with Gasteiger partial charge in [-0.1, -0.05) is 0 Å². The summed E-state index contributed by atoms with van der Waals surface area (Å²) in [5, 5.41) is 3.34. The second kappa shape index (κ2) is 8.36. The van der Waals surface area contributed by atoms with E-state index >= 15 is 0 Å². The molecule has 3 aromatic rings. The number of rotatable bonds is 6. The zero-order chi connectivity index (χ0) is 21.1. The van der Waals surface area contributed by atoms with E-state index in [9.17, 15) is 9.59 Å². The molecule has 1 amide bonds. The van der Waals surface area contributed by atoms with Crippen molar-refractivity contribution < 1.29 is 33.0 Å². The van der Waals surface area contributed by atoms with Crippen LogP contribution >= 0.6 is 0 Å². The Hall–Kier alpha value is -3.68. The Morgan fingerprint density at radius 1 is 1.07 bits per heavy atom. The fraction of sp³-hybridized carbons (Fsp3) is 0.273. The van der Waals surface area contributed by atoms with E-state index in [-0.39, 0.29) is 19.1 Å². The highest BCUT2D eigenvalue weighted by Crippen LogP contribution is 2.33. The molecule has 1 aliphatic heterocycles. The van der Waals surface area contributed by atoms with Gasteiger partial charge < -0.3 is 28.7 Å². The number of hydrogen-bond donors (Lipinski definition) is 1. The van der Waals surface area contributed by atoms with Crippen molar-refractivity contribution in [3.8, 4) is 17.2 Å². The molecule has 30 heavy (non-hydrogen) atoms. The number of furan rings is 1. The molecule has 2 heterocycles. The molecular formula is C22H21NO7. The Balaban J connectivity index is 1.43. The van der Waals surface area contributed by atoms with Gasteiger partial charge in [-0.15, -0.1) is 0 Å². The molecule has 8 nitrogen and oxygen atoms in total. The van der Waals surface area contributed by atoms with Crippen LogP contribution in [0.3, 0.4) is 0 Å². The molecule has 4 rings (SSSR count). The van der Waals surface area contributed by atoms with Crippen LogP contribution < -0.4 is 19.5 Å². The van der Waals surface area contributed by atoms with Crippen molar-refractivity contribution in [2.75, 3.05) is 31.7 Å². The van der Waals surface area contributed by atoms with E-state index in [0.29, 0.717) is 58.4 Å². The first-order chi connectivity index (χ1) is 14.5. The van der Waals surface area contributed by atoms with Gasteiger partial charge in [-0.25, -0.2) is 4.79 Å². The van der Waals surface area contributed by atoms with Crippen LogP contribution in [-0.4, -0.2) is 38.3 Å². The number of carbonyl (C=O) groups excluding carboxylic acids is 2. The molecule has 1 aliphatic rings. The maximum atomic E-state index is 12.3. The monoisotopic (exact) mass is 411 g/mol. The molecule has 1 aromatic heterocycles. The number of fused-ring (bicyclic) bond motifs is 2. The van der Waals surface area contributed by atoms with Gasteiger partial charge in [-0.2, -0.15) is 0 Å². The van der Waals surface area contributed by atoms with Crippen LogP contribution in [0.15, 0.2) is 40.8 Å². The molecule has 0 unspecified atom stereocenters. The van der Waals surface area contributed by atoms with Gasteiger partial charge >= 0.3 is 5.97 Å². The minimum Gasteiger partial charge on any atom is -0.486 e. The molecular weight excluding hydrogens is 390 g/mol. The molecule has 156 valence electrons. The van der Waals surface area contributed by atoms with E-state index in [1.54, 1.807) is 50.2 Å². The minimum absolute atomic E-state index is 0.203. The summed E-state index contributed by atoms with van der Waals surface area (Å²) in [5.41, 5.74) is 1.49. The van der Waals surface area contributed by atoms with Gasteiger partial charge in [0.05, 0.1) is 6.61 Å². The van der Waals surface area contributed by atoms with Crippen LogP contribution in [-0.2, 0) is 9.53 Å². The summed E-state index contributed by atoms with van der Waals surface area (Å²) in [6, 6.07) is 10.2. The van der Waals surface area contributed by atoms with Gasteiger partial charge in [0.15, 0.2) is 18.1 Å². The van der Waals surface area contributed by atoms with Gasteiger partial charge in [0.2, 0.25) is 0 Å². The number of esters is 1. The van der Waals surface area contributed by atoms with Crippen LogP contribution in [0.4, 0.5) is 5.69 Å². The third-order valence-corrected chi connectivity index (χ3v) is 4.51. The lowest BCUT2D eigenvalue weighted by Gasteiger charge is -2.19. The number of benzene rings is 2. The van der Waals surface area contributed by atoms with Crippen molar-refractivity contribution in [2.24, 2.45) is 0 Å². The van der Waals surface area contributed by atoms with Crippen molar-refractivity contribution in [1.82, 2.24) is 0 Å². The first kappa shape index (κ1) is 19.6. The third kappa shape index (κ3) is 4.03. The highest BCUT2D eigenvalue weighted by Gasteiger charge is 2.20. The number of nitrogens with one attached hydrogen (secondary N) is 1. The SMILES string of the molecule is CCOC(=O)c1c(C)oc2ccc(OCC(=O)Nc3ccc4c(c3)OCCO4)cc12. The zero-order valence-electron chi connectivity index (χ0n) is 16.7. The van der Waals surface area contributed by atoms with Crippen molar-refractivity contribution >= 4 is 28.5 Å². The Morgan fingerprint density at radius 2 is 1.87 bits per heavy atom. The number of aryl methyl sites for hydroxylation is 1. The number of hydrogen-bond acceptors (Lipinski definition) is 7. The van der Waals surface area contributed by atoms with Gasteiger partial charge in [-0.05, 0) is 44.2 Å². The smallest absolute Gasteiger partial charge is 0.342 e. The van der Waals surface area contributed by atoms with Gasteiger partial charge in [0, 0.05) is 17.1 Å². The summed E-state index contributed by atoms with van der Waals surface area (Å²) in [4.78, 5) is 24.5. The minimum atomic E-state index is -0.456. The number of ether oxygens (including phenoxy) is 4. The normalized spacial score (nSPS) is 12.5. The number of amides is 1. The largest absolute Gasteiger partial charge is 0.486 e. The molecule has 0 saturated carbocycles. The van der Waals surface area contributed by atoms with Crippen LogP contribution in [0.25, 0.3) is 11.0 Å². The predicted octanol–water partition coefficient (Wildman–Crippen LogP) is 3.71. The molecule has 0 saturated heterocycles. The lowest BCUT2D eigenvalue weighted by atomic mass is 10.1. The number of carbonyl (C=O) groups is 2. The Labute approximate surface area is 172 Å². The van der Waals surface area contributed by atoms with Gasteiger partial charge in [0.1, 0.15) is 35.9 Å². The highest BCUT2D eigenvalue weighted by molar-refractivity contribution is 6.05. The van der Waals surface area contributed by atoms with E-state index in [4.69, 9.17) is 23.4 Å². The summed E-state index contributed by atoms with van der Waals surface area (Å²) in [7, 11) is 0. The summed E-state index contributed by atoms with van der Waals surface area (Å²) in [5.74, 6) is 1.36. The predicted molar refractivity (Wildman–Crippen MR) is 108 cm³/mol. The molecule has 8 heteroatoms. The summed E-state index contributed by atoms with van der Waals surface area (Å²) in [6.07, 6.45) is 0. The highest BCUT2D eigenvalue weighted by atomic mass is 16.6. The van der Waals surface area contributed by atoms with Gasteiger partial charge in [-0.3, -0.25) is 4.79 Å². The maximum Gasteiger partial charge on any atom is 0.342 e. The van der Waals surface area contributed by atoms with E-state index in [1.165, 1.54) is 0 Å². The Morgan fingerprint density at radius 3 is 2.67 bits per heavy atom. The Bertz CT molecular complexity index is 1100. The first-order valence-electron chi connectivity index (χ1n) is 9.57. The maximum absolute atomic E-state index is 12.3. The summed E-state index contributed by atoms with van der Waals surface area (Å²) < 4.78 is 27.3. The molecule has 2 aromatic carbocycles. The van der Waals surface area contributed by atoms with Crippen molar-refractivity contribution in [2.45, 2.75) is 13.8 Å². The molecule has 0 spiro atoms. The van der Waals surface area contributed by atoms with Crippen LogP contribution in [0.2, 0.25) is 0 Å². The van der Waals surface area contributed by atoms with E-state index in [0.717, 1.165) is 0 Å². The van der Waals surface area contributed by atoms with E-state index in [2.05, 4.69) is 5.32 Å². The fourth-order valence-electron chi connectivity index (χ4n) is 3.21. The molecule has 1 N–H and O–H groups in total. The lowest BCUT2D eigenvalue weighted by molar-refractivity contribution is -0.118. The van der Waals surface area contributed by atoms with E-state index < -0.39 is 5.97 Å². The molecule has 0 bridgehead atoms. The molecule has 0 aliphatic carbocycles. The average molecular weight is 411 g/mol. The molecule has 0 atom stereocenters. The zero-order valence-corrected chi connectivity index (χ0v) is 16.7. The van der Waals surface area contributed by atoms with Crippen molar-refractivity contribution in [3.63, 3.8) is 0 Å². The standard InChI is InChI=1S/C22H21NO7/c1-3-26-22(25)21-13(2)30-17-7-5-15(11-16(17)21)29-12-20(24)23-14-4-6-18-19(10-14)28-9-8-27-18/h4-7,10-11H,3,8-9,12H2,1-2H3,(H,23,24). The van der Waals surface area contributed by atoms with Crippen LogP contribution in [0, 0.1) is 6.92 Å². The first-order valence-corrected chi connectivity index (χ1v) is 9.57. The molecule has 0 radical (unpaired) electrons. The second-order valence-corrected chi connectivity index (χ2v) is 6.61. The quantitative estimate of drug-likeness (QED) is 0.618. The average Bonchev–Trinajstić information content (AvgIpc) is 3.07. The Kier molecular flexibility index (Phi) is 5.47. The summed E-state index contributed by atoms with van der Waals surface area (Å²) in [6.45, 7) is 4.48.